The van der Waals surface area contributed by atoms with Gasteiger partial charge in [0.2, 0.25) is 0 Å². The maximum Gasteiger partial charge on any atom is 0.500 e. The van der Waals surface area contributed by atoms with E-state index < -0.39 is 8.80 Å². The molecule has 0 radical (unpaired) electrons. The van der Waals surface area contributed by atoms with Gasteiger partial charge in [-0.1, -0.05) is 0 Å². The van der Waals surface area contributed by atoms with Gasteiger partial charge < -0.3 is 13.3 Å². The fourth-order valence-corrected chi connectivity index (χ4v) is 3.24. The zero-order valence-corrected chi connectivity index (χ0v) is 12.3. The molecule has 0 aromatic carbocycles. The number of nitrogens with zero attached hydrogens (tertiary/aromatic N) is 1. The SMILES string of the molecule is CO[Si](CCCC(C)[N+](C)(C)O)(OC)OC. The highest BCUT2D eigenvalue weighted by Crippen LogP contribution is 2.19. The lowest BCUT2D eigenvalue weighted by Crippen LogP contribution is -2.45. The summed E-state index contributed by atoms with van der Waals surface area (Å²) < 4.78 is 16.0. The summed E-state index contributed by atoms with van der Waals surface area (Å²) in [4.78, 5) is 0. The first-order chi connectivity index (χ1) is 7.31. The molecular formula is C10H26NO4Si+. The van der Waals surface area contributed by atoms with Crippen LogP contribution in [0.5, 0.6) is 0 Å². The Bertz CT molecular complexity index is 183. The summed E-state index contributed by atoms with van der Waals surface area (Å²) >= 11 is 0. The zero-order valence-electron chi connectivity index (χ0n) is 11.3. The van der Waals surface area contributed by atoms with E-state index in [9.17, 15) is 5.21 Å². The van der Waals surface area contributed by atoms with E-state index in [0.29, 0.717) is 0 Å². The molecule has 5 nitrogen and oxygen atoms in total. The standard InChI is InChI=1S/C10H26NO4Si/c1-10(11(2,3)12)8-7-9-16(13-4,14-5)15-6/h10,12H,7-9H2,1-6H3/q+1. The Morgan fingerprint density at radius 3 is 1.88 bits per heavy atom. The summed E-state index contributed by atoms with van der Waals surface area (Å²) in [6.07, 6.45) is 1.83. The van der Waals surface area contributed by atoms with Gasteiger partial charge in [0.25, 0.3) is 0 Å². The molecule has 0 aromatic rings. The smallest absolute Gasteiger partial charge is 0.377 e. The van der Waals surface area contributed by atoms with Crippen molar-refractivity contribution in [1.82, 2.24) is 0 Å². The molecule has 98 valence electrons. The van der Waals surface area contributed by atoms with E-state index in [2.05, 4.69) is 0 Å². The van der Waals surface area contributed by atoms with Crippen molar-refractivity contribution >= 4 is 8.80 Å². The summed E-state index contributed by atoms with van der Waals surface area (Å²) in [6, 6.07) is 0.971. The molecule has 0 amide bonds. The topological polar surface area (TPSA) is 47.9 Å². The fourth-order valence-electron chi connectivity index (χ4n) is 1.49. The molecule has 0 rings (SSSR count). The first kappa shape index (κ1) is 16.0. The number of rotatable bonds is 8. The largest absolute Gasteiger partial charge is 0.500 e. The summed E-state index contributed by atoms with van der Waals surface area (Å²) in [5.74, 6) is 0. The Morgan fingerprint density at radius 1 is 1.12 bits per heavy atom. The average molecular weight is 252 g/mol. The minimum atomic E-state index is -2.43. The monoisotopic (exact) mass is 252 g/mol. The summed E-state index contributed by atoms with van der Waals surface area (Å²) in [7, 11) is 5.98. The number of hydroxylamine groups is 3. The quantitative estimate of drug-likeness (QED) is 0.404. The van der Waals surface area contributed by atoms with E-state index in [4.69, 9.17) is 13.3 Å². The first-order valence-electron chi connectivity index (χ1n) is 5.53. The second kappa shape index (κ2) is 6.68. The third-order valence-electron chi connectivity index (χ3n) is 3.12. The van der Waals surface area contributed by atoms with Crippen LogP contribution in [0.1, 0.15) is 19.8 Å². The third kappa shape index (κ3) is 4.90. The molecule has 1 N–H and O–H groups in total. The van der Waals surface area contributed by atoms with Gasteiger partial charge in [0.05, 0.1) is 14.1 Å². The minimum Gasteiger partial charge on any atom is -0.377 e. The predicted octanol–water partition coefficient (Wildman–Crippen LogP) is 1.50. The van der Waals surface area contributed by atoms with Crippen LogP contribution < -0.4 is 0 Å². The van der Waals surface area contributed by atoms with Crippen LogP contribution in [0.25, 0.3) is 0 Å². The van der Waals surface area contributed by atoms with Gasteiger partial charge in [0, 0.05) is 33.8 Å². The van der Waals surface area contributed by atoms with Gasteiger partial charge >= 0.3 is 8.80 Å². The van der Waals surface area contributed by atoms with E-state index in [0.717, 1.165) is 18.9 Å². The number of hydrogen-bond acceptors (Lipinski definition) is 4. The van der Waals surface area contributed by atoms with Gasteiger partial charge in [0.15, 0.2) is 0 Å². The van der Waals surface area contributed by atoms with E-state index in [1.165, 1.54) is 0 Å². The highest BCUT2D eigenvalue weighted by Gasteiger charge is 2.37. The van der Waals surface area contributed by atoms with Crippen molar-refractivity contribution < 1.29 is 23.1 Å². The van der Waals surface area contributed by atoms with Gasteiger partial charge in [-0.05, 0) is 13.3 Å². The highest BCUT2D eigenvalue weighted by molar-refractivity contribution is 6.60. The van der Waals surface area contributed by atoms with Crippen molar-refractivity contribution in [3.05, 3.63) is 0 Å². The van der Waals surface area contributed by atoms with Crippen molar-refractivity contribution in [2.75, 3.05) is 35.4 Å². The Kier molecular flexibility index (Phi) is 6.69. The lowest BCUT2D eigenvalue weighted by atomic mass is 10.2. The Morgan fingerprint density at radius 2 is 1.56 bits per heavy atom. The van der Waals surface area contributed by atoms with Crippen LogP contribution in [0.15, 0.2) is 0 Å². The molecule has 0 heterocycles. The van der Waals surface area contributed by atoms with Crippen LogP contribution in [-0.4, -0.2) is 60.1 Å². The normalized spacial score (nSPS) is 15.2. The molecule has 0 aliphatic rings. The second-order valence-electron chi connectivity index (χ2n) is 4.52. The number of hydrogen-bond donors (Lipinski definition) is 1. The highest BCUT2D eigenvalue weighted by atomic mass is 28.4. The van der Waals surface area contributed by atoms with Gasteiger partial charge in [-0.3, -0.25) is 0 Å². The second-order valence-corrected chi connectivity index (χ2v) is 7.61. The molecular weight excluding hydrogens is 226 g/mol. The molecule has 16 heavy (non-hydrogen) atoms. The molecule has 1 unspecified atom stereocenters. The maximum absolute atomic E-state index is 9.74. The molecule has 6 heteroatoms. The molecule has 0 spiro atoms. The average Bonchev–Trinajstić information content (AvgIpc) is 2.23. The lowest BCUT2D eigenvalue weighted by Gasteiger charge is -2.29. The lowest BCUT2D eigenvalue weighted by molar-refractivity contribution is -1.09. The van der Waals surface area contributed by atoms with Crippen LogP contribution in [0, 0.1) is 0 Å². The Labute approximate surface area is 99.8 Å². The van der Waals surface area contributed by atoms with Crippen LogP contribution in [0.2, 0.25) is 6.04 Å². The Hall–Kier alpha value is 0.0169. The maximum atomic E-state index is 9.74. The van der Waals surface area contributed by atoms with Gasteiger partial charge in [0.1, 0.15) is 6.04 Å². The number of quaternary nitrogens is 1. The van der Waals surface area contributed by atoms with Crippen molar-refractivity contribution in [3.63, 3.8) is 0 Å². The van der Waals surface area contributed by atoms with Crippen LogP contribution in [0.4, 0.5) is 0 Å². The van der Waals surface area contributed by atoms with Gasteiger partial charge in [-0.15, -0.1) is 0 Å². The fraction of sp³-hybridized carbons (Fsp3) is 1.00. The minimum absolute atomic E-state index is 0.0124. The van der Waals surface area contributed by atoms with Crippen molar-refractivity contribution in [3.8, 4) is 0 Å². The predicted molar refractivity (Wildman–Crippen MR) is 64.2 cm³/mol. The summed E-state index contributed by atoms with van der Waals surface area (Å²) in [5, 5.41) is 9.74. The summed E-state index contributed by atoms with van der Waals surface area (Å²) in [5.41, 5.74) is 0. The van der Waals surface area contributed by atoms with E-state index in [-0.39, 0.29) is 10.7 Å². The molecule has 0 aliphatic carbocycles. The molecule has 0 saturated carbocycles. The molecule has 0 saturated heterocycles. The molecule has 0 aromatic heterocycles. The van der Waals surface area contributed by atoms with Crippen LogP contribution in [-0.2, 0) is 13.3 Å². The molecule has 0 bridgehead atoms. The van der Waals surface area contributed by atoms with Gasteiger partial charge in [-0.25, -0.2) is 5.21 Å². The van der Waals surface area contributed by atoms with Gasteiger partial charge in [-0.2, -0.15) is 4.65 Å². The van der Waals surface area contributed by atoms with Crippen LogP contribution in [0.3, 0.4) is 0 Å². The van der Waals surface area contributed by atoms with Crippen LogP contribution >= 0.6 is 0 Å². The van der Waals surface area contributed by atoms with E-state index in [1.54, 1.807) is 35.4 Å². The molecule has 0 fully saturated rings. The van der Waals surface area contributed by atoms with Crippen molar-refractivity contribution in [2.24, 2.45) is 0 Å². The first-order valence-corrected chi connectivity index (χ1v) is 7.46. The Balaban J connectivity index is 4.05. The molecule has 0 aliphatic heterocycles. The zero-order chi connectivity index (χ0) is 12.8. The van der Waals surface area contributed by atoms with Crippen molar-refractivity contribution in [1.29, 1.82) is 0 Å². The molecule has 1 atom stereocenters. The van der Waals surface area contributed by atoms with Crippen molar-refractivity contribution in [2.45, 2.75) is 31.9 Å². The summed E-state index contributed by atoms with van der Waals surface area (Å²) in [6.45, 7) is 2.02. The van der Waals surface area contributed by atoms with E-state index in [1.807, 2.05) is 6.92 Å². The van der Waals surface area contributed by atoms with E-state index >= 15 is 0 Å². The third-order valence-corrected chi connectivity index (χ3v) is 5.95.